The van der Waals surface area contributed by atoms with Crippen LogP contribution in [-0.4, -0.2) is 26.2 Å². The Balaban J connectivity index is 2.34. The molecule has 0 saturated carbocycles. The zero-order valence-electron chi connectivity index (χ0n) is 9.63. The van der Waals surface area contributed by atoms with Gasteiger partial charge in [-0.2, -0.15) is 0 Å². The van der Waals surface area contributed by atoms with E-state index in [1.54, 1.807) is 7.11 Å². The Hall–Kier alpha value is -1.49. The highest BCUT2D eigenvalue weighted by molar-refractivity contribution is 5.76. The SMILES string of the molecule is COCCNC(=O)CCc1ccc(F)c(F)c1. The summed E-state index contributed by atoms with van der Waals surface area (Å²) in [5.41, 5.74) is 0.603. The lowest BCUT2D eigenvalue weighted by Gasteiger charge is -2.04. The summed E-state index contributed by atoms with van der Waals surface area (Å²) in [5.74, 6) is -1.90. The van der Waals surface area contributed by atoms with Gasteiger partial charge < -0.3 is 10.1 Å². The first-order valence-corrected chi connectivity index (χ1v) is 5.33. The molecule has 1 aromatic rings. The summed E-state index contributed by atoms with van der Waals surface area (Å²) in [4.78, 5) is 11.3. The Kier molecular flexibility index (Phi) is 5.56. The fourth-order valence-electron chi connectivity index (χ4n) is 1.33. The van der Waals surface area contributed by atoms with Gasteiger partial charge in [-0.25, -0.2) is 8.78 Å². The maximum Gasteiger partial charge on any atom is 0.220 e. The molecule has 17 heavy (non-hydrogen) atoms. The summed E-state index contributed by atoms with van der Waals surface area (Å²) >= 11 is 0. The minimum Gasteiger partial charge on any atom is -0.383 e. The number of methoxy groups -OCH3 is 1. The van der Waals surface area contributed by atoms with Crippen LogP contribution in [0.15, 0.2) is 18.2 Å². The number of carbonyl (C=O) groups is 1. The van der Waals surface area contributed by atoms with Crippen LogP contribution >= 0.6 is 0 Å². The molecule has 0 unspecified atom stereocenters. The smallest absolute Gasteiger partial charge is 0.220 e. The Morgan fingerprint density at radius 2 is 2.12 bits per heavy atom. The molecule has 0 aliphatic heterocycles. The topological polar surface area (TPSA) is 38.3 Å². The van der Waals surface area contributed by atoms with Crippen LogP contribution in [0.4, 0.5) is 8.78 Å². The first kappa shape index (κ1) is 13.6. The third-order valence-electron chi connectivity index (χ3n) is 2.25. The first-order chi connectivity index (χ1) is 8.13. The van der Waals surface area contributed by atoms with Gasteiger partial charge in [0.1, 0.15) is 0 Å². The van der Waals surface area contributed by atoms with E-state index < -0.39 is 11.6 Å². The van der Waals surface area contributed by atoms with E-state index in [0.29, 0.717) is 25.1 Å². The lowest BCUT2D eigenvalue weighted by molar-refractivity contribution is -0.121. The molecule has 0 aliphatic carbocycles. The largest absolute Gasteiger partial charge is 0.383 e. The number of carbonyl (C=O) groups excluding carboxylic acids is 1. The van der Waals surface area contributed by atoms with Gasteiger partial charge in [-0.3, -0.25) is 4.79 Å². The second kappa shape index (κ2) is 6.96. The van der Waals surface area contributed by atoms with E-state index in [1.807, 2.05) is 0 Å². The van der Waals surface area contributed by atoms with E-state index >= 15 is 0 Å². The number of aryl methyl sites for hydroxylation is 1. The number of hydrogen-bond donors (Lipinski definition) is 1. The van der Waals surface area contributed by atoms with E-state index in [4.69, 9.17) is 4.74 Å². The summed E-state index contributed by atoms with van der Waals surface area (Å²) in [6.45, 7) is 0.907. The number of benzene rings is 1. The van der Waals surface area contributed by atoms with Crippen LogP contribution in [0.5, 0.6) is 0 Å². The fourth-order valence-corrected chi connectivity index (χ4v) is 1.33. The zero-order chi connectivity index (χ0) is 12.7. The number of hydrogen-bond acceptors (Lipinski definition) is 2. The molecule has 0 aliphatic rings. The van der Waals surface area contributed by atoms with Gasteiger partial charge in [-0.1, -0.05) is 6.07 Å². The Morgan fingerprint density at radius 3 is 2.76 bits per heavy atom. The first-order valence-electron chi connectivity index (χ1n) is 5.33. The molecule has 1 amide bonds. The Labute approximate surface area is 98.8 Å². The number of amides is 1. The lowest BCUT2D eigenvalue weighted by atomic mass is 10.1. The van der Waals surface area contributed by atoms with Crippen LogP contribution in [0.25, 0.3) is 0 Å². The third-order valence-corrected chi connectivity index (χ3v) is 2.25. The van der Waals surface area contributed by atoms with Crippen molar-refractivity contribution in [2.24, 2.45) is 0 Å². The average molecular weight is 243 g/mol. The maximum absolute atomic E-state index is 12.9. The van der Waals surface area contributed by atoms with Gasteiger partial charge >= 0.3 is 0 Å². The van der Waals surface area contributed by atoms with Crippen molar-refractivity contribution in [1.29, 1.82) is 0 Å². The van der Waals surface area contributed by atoms with Crippen molar-refractivity contribution in [2.45, 2.75) is 12.8 Å². The lowest BCUT2D eigenvalue weighted by Crippen LogP contribution is -2.27. The van der Waals surface area contributed by atoms with Crippen LogP contribution in [-0.2, 0) is 16.0 Å². The molecule has 3 nitrogen and oxygen atoms in total. The van der Waals surface area contributed by atoms with Gasteiger partial charge in [0.15, 0.2) is 11.6 Å². The summed E-state index contributed by atoms with van der Waals surface area (Å²) < 4.78 is 30.3. The van der Waals surface area contributed by atoms with Crippen molar-refractivity contribution in [1.82, 2.24) is 5.32 Å². The normalized spacial score (nSPS) is 10.3. The summed E-state index contributed by atoms with van der Waals surface area (Å²) in [6.07, 6.45) is 0.630. The highest BCUT2D eigenvalue weighted by Gasteiger charge is 2.05. The molecule has 0 saturated heterocycles. The van der Waals surface area contributed by atoms with Gasteiger partial charge in [0, 0.05) is 20.1 Å². The third kappa shape index (κ3) is 4.91. The van der Waals surface area contributed by atoms with Gasteiger partial charge in [0.25, 0.3) is 0 Å². The predicted octanol–water partition coefficient (Wildman–Crippen LogP) is 1.66. The summed E-state index contributed by atoms with van der Waals surface area (Å²) in [6, 6.07) is 3.64. The van der Waals surface area contributed by atoms with Crippen LogP contribution in [0.2, 0.25) is 0 Å². The molecule has 0 heterocycles. The highest BCUT2D eigenvalue weighted by atomic mass is 19.2. The second-order valence-corrected chi connectivity index (χ2v) is 3.59. The molecular formula is C12H15F2NO2. The quantitative estimate of drug-likeness (QED) is 0.772. The fraction of sp³-hybridized carbons (Fsp3) is 0.417. The van der Waals surface area contributed by atoms with Gasteiger partial charge in [0.05, 0.1) is 6.61 Å². The molecule has 0 aromatic heterocycles. The molecular weight excluding hydrogens is 228 g/mol. The predicted molar refractivity (Wildman–Crippen MR) is 59.6 cm³/mol. The van der Waals surface area contributed by atoms with Crippen LogP contribution in [0.3, 0.4) is 0 Å². The molecule has 0 radical (unpaired) electrons. The molecule has 1 rings (SSSR count). The van der Waals surface area contributed by atoms with E-state index in [9.17, 15) is 13.6 Å². The van der Waals surface area contributed by atoms with Crippen molar-refractivity contribution in [2.75, 3.05) is 20.3 Å². The Morgan fingerprint density at radius 1 is 1.35 bits per heavy atom. The van der Waals surface area contributed by atoms with E-state index in [2.05, 4.69) is 5.32 Å². The second-order valence-electron chi connectivity index (χ2n) is 3.59. The minimum absolute atomic E-state index is 0.133. The van der Waals surface area contributed by atoms with E-state index in [0.717, 1.165) is 12.1 Å². The monoisotopic (exact) mass is 243 g/mol. The van der Waals surface area contributed by atoms with Crippen LogP contribution in [0, 0.1) is 11.6 Å². The molecule has 0 fully saturated rings. The van der Waals surface area contributed by atoms with E-state index in [1.165, 1.54) is 6.07 Å². The van der Waals surface area contributed by atoms with Gasteiger partial charge in [-0.05, 0) is 24.1 Å². The average Bonchev–Trinajstić information content (AvgIpc) is 2.31. The highest BCUT2D eigenvalue weighted by Crippen LogP contribution is 2.10. The van der Waals surface area contributed by atoms with Crippen molar-refractivity contribution in [3.63, 3.8) is 0 Å². The van der Waals surface area contributed by atoms with Crippen molar-refractivity contribution in [3.05, 3.63) is 35.4 Å². The summed E-state index contributed by atoms with van der Waals surface area (Å²) in [5, 5.41) is 2.65. The molecule has 1 N–H and O–H groups in total. The number of nitrogens with one attached hydrogen (secondary N) is 1. The minimum atomic E-state index is -0.887. The standard InChI is InChI=1S/C12H15F2NO2/c1-17-7-6-15-12(16)5-3-9-2-4-10(13)11(14)8-9/h2,4,8H,3,5-7H2,1H3,(H,15,16). The number of halogens is 2. The molecule has 1 aromatic carbocycles. The Bertz CT molecular complexity index is 383. The molecule has 0 atom stereocenters. The number of ether oxygens (including phenoxy) is 1. The van der Waals surface area contributed by atoms with E-state index in [-0.39, 0.29) is 12.3 Å². The number of rotatable bonds is 6. The van der Waals surface area contributed by atoms with Crippen molar-refractivity contribution >= 4 is 5.91 Å². The molecule has 0 spiro atoms. The molecule has 0 bridgehead atoms. The van der Waals surface area contributed by atoms with Crippen molar-refractivity contribution < 1.29 is 18.3 Å². The molecule has 94 valence electrons. The van der Waals surface area contributed by atoms with Gasteiger partial charge in [0.2, 0.25) is 5.91 Å². The van der Waals surface area contributed by atoms with Crippen LogP contribution in [0.1, 0.15) is 12.0 Å². The maximum atomic E-state index is 12.9. The summed E-state index contributed by atoms with van der Waals surface area (Å²) in [7, 11) is 1.55. The van der Waals surface area contributed by atoms with Gasteiger partial charge in [-0.15, -0.1) is 0 Å². The van der Waals surface area contributed by atoms with Crippen LogP contribution < -0.4 is 5.32 Å². The molecule has 5 heteroatoms. The zero-order valence-corrected chi connectivity index (χ0v) is 9.63. The van der Waals surface area contributed by atoms with Crippen molar-refractivity contribution in [3.8, 4) is 0 Å².